The largest absolute Gasteiger partial charge is 1.00 e. The van der Waals surface area contributed by atoms with Crippen molar-refractivity contribution in [1.82, 2.24) is 39.3 Å². The number of nitrogens with one attached hydrogen (secondary N) is 3. The Labute approximate surface area is 268 Å². The molecule has 0 radical (unpaired) electrons. The Morgan fingerprint density at radius 3 is 1.98 bits per heavy atom. The minimum absolute atomic E-state index is 0. The molecule has 4 N–H and O–H groups in total. The van der Waals surface area contributed by atoms with Crippen LogP contribution >= 0.6 is 0 Å². The summed E-state index contributed by atoms with van der Waals surface area (Å²) in [5.41, 5.74) is 4.74. The zero-order chi connectivity index (χ0) is 28.4. The normalized spacial score (nSPS) is 10.8. The zero-order valence-corrected chi connectivity index (χ0v) is 26.2. The van der Waals surface area contributed by atoms with Crippen molar-refractivity contribution in [3.8, 4) is 33.8 Å². The van der Waals surface area contributed by atoms with E-state index < -0.39 is 10.0 Å². The SMILES string of the molecule is COc1cnc2[nH]cc(-c3cn[nH]c3)c2c1.COc1cnc2c(c1)c(-c1cn[nH]c1)cn2S(=O)(=O)c1ccccc1.[Na+].[OH-]. The van der Waals surface area contributed by atoms with Gasteiger partial charge in [0.2, 0.25) is 0 Å². The third-order valence-electron chi connectivity index (χ3n) is 6.48. The van der Waals surface area contributed by atoms with Crippen LogP contribution in [-0.2, 0) is 10.0 Å². The van der Waals surface area contributed by atoms with Crippen LogP contribution in [0, 0.1) is 0 Å². The summed E-state index contributed by atoms with van der Waals surface area (Å²) in [4.78, 5) is 11.9. The number of methoxy groups -OCH3 is 2. The first-order chi connectivity index (χ1) is 20.0. The van der Waals surface area contributed by atoms with Crippen molar-refractivity contribution in [2.75, 3.05) is 14.2 Å². The molecule has 0 aliphatic carbocycles. The zero-order valence-electron chi connectivity index (χ0n) is 23.4. The standard InChI is InChI=1S/C17H14N4O3S.C11H10N4O.Na.H2O/c1-24-13-7-15-16(12-8-19-20-9-12)11-21(17(15)18-10-13)25(22,23)14-5-3-2-4-6-14;1-16-8-2-9-10(7-3-14-15-4-7)6-13-11(9)12-5-8;;/h2-11H,1H3,(H,19,20);2-6H,1H3,(H,12,13)(H,14,15);;1H2/q;;+1;/p-1. The number of fused-ring (bicyclic) bond motifs is 2. The van der Waals surface area contributed by atoms with Gasteiger partial charge in [0.1, 0.15) is 17.1 Å². The molecule has 0 aliphatic rings. The van der Waals surface area contributed by atoms with E-state index in [2.05, 4.69) is 35.3 Å². The van der Waals surface area contributed by atoms with Crippen LogP contribution in [0.5, 0.6) is 11.5 Å². The van der Waals surface area contributed by atoms with E-state index in [4.69, 9.17) is 9.47 Å². The van der Waals surface area contributed by atoms with Crippen molar-refractivity contribution in [1.29, 1.82) is 0 Å². The summed E-state index contributed by atoms with van der Waals surface area (Å²) < 4.78 is 37.7. The first-order valence-electron chi connectivity index (χ1n) is 12.3. The third kappa shape index (κ3) is 6.04. The van der Waals surface area contributed by atoms with Gasteiger partial charge >= 0.3 is 29.6 Å². The Balaban J connectivity index is 0.000000204. The Bertz CT molecular complexity index is 2040. The molecule has 13 nitrogen and oxygen atoms in total. The molecule has 0 fully saturated rings. The molecule has 7 rings (SSSR count). The smallest absolute Gasteiger partial charge is 0.870 e. The van der Waals surface area contributed by atoms with Crippen LogP contribution in [0.3, 0.4) is 0 Å². The van der Waals surface area contributed by atoms with Crippen LogP contribution in [0.2, 0.25) is 0 Å². The first kappa shape index (κ1) is 31.5. The average molecular weight is 609 g/mol. The van der Waals surface area contributed by atoms with E-state index in [9.17, 15) is 8.42 Å². The molecule has 1 aromatic carbocycles. The minimum Gasteiger partial charge on any atom is -0.870 e. The average Bonchev–Trinajstić information content (AvgIpc) is 3.83. The van der Waals surface area contributed by atoms with Gasteiger partial charge in [-0.2, -0.15) is 10.2 Å². The van der Waals surface area contributed by atoms with Crippen LogP contribution in [0.25, 0.3) is 44.3 Å². The summed E-state index contributed by atoms with van der Waals surface area (Å²) in [5, 5.41) is 15.1. The molecule has 15 heteroatoms. The molecule has 0 aliphatic heterocycles. The Kier molecular flexibility index (Phi) is 9.68. The van der Waals surface area contributed by atoms with E-state index in [-0.39, 0.29) is 39.9 Å². The Hall–Kier alpha value is -4.47. The van der Waals surface area contributed by atoms with Gasteiger partial charge in [0.15, 0.2) is 5.65 Å². The molecule has 6 aromatic heterocycles. The number of pyridine rings is 2. The molecule has 0 amide bonds. The molecule has 0 saturated heterocycles. The fourth-order valence-corrected chi connectivity index (χ4v) is 5.77. The van der Waals surface area contributed by atoms with Crippen LogP contribution in [0.15, 0.2) is 96.9 Å². The second-order valence-corrected chi connectivity index (χ2v) is 10.7. The molecule has 0 spiro atoms. The number of benzene rings is 1. The number of aromatic amines is 3. The van der Waals surface area contributed by atoms with Crippen LogP contribution in [0.1, 0.15) is 0 Å². The summed E-state index contributed by atoms with van der Waals surface area (Å²) in [6.07, 6.45) is 13.6. The van der Waals surface area contributed by atoms with Gasteiger partial charge in [-0.05, 0) is 24.3 Å². The molecule has 6 heterocycles. The molecule has 0 atom stereocenters. The van der Waals surface area contributed by atoms with Crippen LogP contribution < -0.4 is 39.0 Å². The summed E-state index contributed by atoms with van der Waals surface area (Å²) >= 11 is 0. The molecule has 43 heavy (non-hydrogen) atoms. The van der Waals surface area contributed by atoms with Crippen LogP contribution in [0.4, 0.5) is 0 Å². The number of hydrogen-bond acceptors (Lipinski definition) is 9. The minimum atomic E-state index is -3.77. The monoisotopic (exact) mass is 608 g/mol. The van der Waals surface area contributed by atoms with Crippen molar-refractivity contribution in [3.63, 3.8) is 0 Å². The van der Waals surface area contributed by atoms with Crippen molar-refractivity contribution in [3.05, 3.63) is 92.0 Å². The number of H-pyrrole nitrogens is 3. The fourth-order valence-electron chi connectivity index (χ4n) is 4.42. The summed E-state index contributed by atoms with van der Waals surface area (Å²) in [6.45, 7) is 0. The van der Waals surface area contributed by atoms with Gasteiger partial charge < -0.3 is 19.9 Å². The summed E-state index contributed by atoms with van der Waals surface area (Å²) in [5.74, 6) is 1.30. The van der Waals surface area contributed by atoms with Crippen LogP contribution in [-0.4, -0.2) is 67.4 Å². The van der Waals surface area contributed by atoms with Crippen molar-refractivity contribution in [2.45, 2.75) is 4.90 Å². The molecule has 0 unspecified atom stereocenters. The number of rotatable bonds is 6. The number of nitrogens with zero attached hydrogens (tertiary/aromatic N) is 5. The summed E-state index contributed by atoms with van der Waals surface area (Å²) in [7, 11) is -0.601. The molecular weight excluding hydrogens is 583 g/mol. The second-order valence-electron chi connectivity index (χ2n) is 8.85. The topological polar surface area (TPSA) is 186 Å². The Morgan fingerprint density at radius 1 is 0.767 bits per heavy atom. The summed E-state index contributed by atoms with van der Waals surface area (Å²) in [6, 6.07) is 12.0. The van der Waals surface area contributed by atoms with Crippen molar-refractivity contribution >= 4 is 32.1 Å². The maximum atomic E-state index is 13.1. The molecule has 7 aromatic rings. The van der Waals surface area contributed by atoms with E-state index in [1.165, 1.54) is 17.3 Å². The molecular formula is C28H25N8NaO5S. The van der Waals surface area contributed by atoms with Gasteiger partial charge in [-0.15, -0.1) is 0 Å². The van der Waals surface area contributed by atoms with E-state index in [1.54, 1.807) is 74.5 Å². The van der Waals surface area contributed by atoms with Gasteiger partial charge in [0.25, 0.3) is 10.0 Å². The number of hydrogen-bond donors (Lipinski definition) is 3. The van der Waals surface area contributed by atoms with Crippen molar-refractivity contribution < 1.29 is 52.9 Å². The quantitative estimate of drug-likeness (QED) is 0.235. The predicted molar refractivity (Wildman–Crippen MR) is 155 cm³/mol. The molecule has 0 saturated carbocycles. The Morgan fingerprint density at radius 2 is 1.37 bits per heavy atom. The van der Waals surface area contributed by atoms with E-state index in [0.29, 0.717) is 22.3 Å². The van der Waals surface area contributed by atoms with Gasteiger partial charge in [0.05, 0.1) is 43.9 Å². The third-order valence-corrected chi connectivity index (χ3v) is 8.15. The number of aromatic nitrogens is 8. The van der Waals surface area contributed by atoms with Gasteiger partial charge in [0, 0.05) is 57.8 Å². The molecule has 0 bridgehead atoms. The van der Waals surface area contributed by atoms with Crippen molar-refractivity contribution in [2.24, 2.45) is 0 Å². The van der Waals surface area contributed by atoms with Gasteiger partial charge in [-0.25, -0.2) is 22.4 Å². The molecule has 214 valence electrons. The predicted octanol–water partition coefficient (Wildman–Crippen LogP) is 1.46. The maximum Gasteiger partial charge on any atom is 1.00 e. The maximum absolute atomic E-state index is 13.1. The number of ether oxygens (including phenoxy) is 2. The second kappa shape index (κ2) is 13.2. The van der Waals surface area contributed by atoms with E-state index in [1.807, 2.05) is 18.5 Å². The fraction of sp³-hybridized carbons (Fsp3) is 0.0714. The van der Waals surface area contributed by atoms with Gasteiger partial charge in [-0.3, -0.25) is 10.2 Å². The van der Waals surface area contributed by atoms with E-state index in [0.717, 1.165) is 33.5 Å². The van der Waals surface area contributed by atoms with Gasteiger partial charge in [-0.1, -0.05) is 18.2 Å². The first-order valence-corrected chi connectivity index (χ1v) is 13.8. The van der Waals surface area contributed by atoms with E-state index >= 15 is 0 Å².